The quantitative estimate of drug-likeness (QED) is 0.265. The number of imidazole rings is 1. The van der Waals surface area contributed by atoms with Crippen molar-refractivity contribution >= 4 is 28.7 Å². The first-order valence-electron chi connectivity index (χ1n) is 8.28. The average molecular weight is 382 g/mol. The van der Waals surface area contributed by atoms with Crippen LogP contribution in [0.25, 0.3) is 22.6 Å². The number of aliphatic hydroxyl groups excluding tert-OH is 1. The van der Waals surface area contributed by atoms with Crippen LogP contribution in [-0.2, 0) is 4.79 Å². The number of benzene rings is 1. The minimum Gasteiger partial charge on any atom is -0.480 e. The number of nitrogens with one attached hydrogen (secondary N) is 3. The Morgan fingerprint density at radius 1 is 1.25 bits per heavy atom. The third-order valence-corrected chi connectivity index (χ3v) is 4.10. The fraction of sp³-hybridized carbons (Fsp3) is 0.167. The third kappa shape index (κ3) is 3.81. The van der Waals surface area contributed by atoms with E-state index in [0.29, 0.717) is 22.6 Å². The summed E-state index contributed by atoms with van der Waals surface area (Å²) in [4.78, 5) is 34.9. The number of fused-ring (bicyclic) bond motifs is 1. The molecule has 10 nitrogen and oxygen atoms in total. The van der Waals surface area contributed by atoms with Crippen LogP contribution in [0.2, 0.25) is 0 Å². The number of aliphatic carboxylic acids is 1. The molecule has 3 rings (SSSR count). The molecule has 0 aliphatic carbocycles. The van der Waals surface area contributed by atoms with Gasteiger partial charge in [-0.1, -0.05) is 0 Å². The first-order valence-corrected chi connectivity index (χ1v) is 8.28. The normalized spacial score (nSPS) is 13.1. The lowest BCUT2D eigenvalue weighted by atomic mass is 10.1. The van der Waals surface area contributed by atoms with E-state index in [1.165, 1.54) is 19.2 Å². The van der Waals surface area contributed by atoms with E-state index in [4.69, 9.17) is 16.2 Å². The lowest BCUT2D eigenvalue weighted by Crippen LogP contribution is -2.47. The number of amides is 1. The number of nitrogens with zero attached hydrogens (tertiary/aromatic N) is 2. The van der Waals surface area contributed by atoms with Gasteiger partial charge < -0.3 is 26.2 Å². The molecule has 144 valence electrons. The van der Waals surface area contributed by atoms with Gasteiger partial charge in [-0.15, -0.1) is 0 Å². The van der Waals surface area contributed by atoms with Crippen molar-refractivity contribution in [1.82, 2.24) is 20.3 Å². The summed E-state index contributed by atoms with van der Waals surface area (Å²) in [5.74, 6) is -1.59. The van der Waals surface area contributed by atoms with E-state index in [-0.39, 0.29) is 11.4 Å². The Bertz CT molecular complexity index is 1060. The molecule has 7 N–H and O–H groups in total. The summed E-state index contributed by atoms with van der Waals surface area (Å²) in [6.45, 7) is 1.28. The van der Waals surface area contributed by atoms with E-state index >= 15 is 0 Å². The van der Waals surface area contributed by atoms with Gasteiger partial charge in [-0.25, -0.2) is 9.78 Å². The number of hydrogen-bond donors (Lipinski definition) is 6. The second kappa shape index (κ2) is 7.45. The number of carboxylic acids is 1. The second-order valence-electron chi connectivity index (χ2n) is 6.19. The number of nitrogens with two attached hydrogens (primary N) is 1. The Morgan fingerprint density at radius 2 is 1.96 bits per heavy atom. The number of pyridine rings is 1. The van der Waals surface area contributed by atoms with Crippen LogP contribution in [0.3, 0.4) is 0 Å². The molecule has 28 heavy (non-hydrogen) atoms. The summed E-state index contributed by atoms with van der Waals surface area (Å²) < 4.78 is 0. The molecule has 0 spiro atoms. The van der Waals surface area contributed by atoms with Crippen LogP contribution in [0.5, 0.6) is 0 Å². The Hall–Kier alpha value is -3.79. The SMILES string of the molecule is CC(O)C(NC(=O)c1ccc(-c2nc3cc(C(=N)N)ccc3[nH]2)nc1)C(=O)O. The van der Waals surface area contributed by atoms with Gasteiger partial charge in [0, 0.05) is 11.8 Å². The largest absolute Gasteiger partial charge is 0.480 e. The molecular weight excluding hydrogens is 364 g/mol. The lowest BCUT2D eigenvalue weighted by molar-refractivity contribution is -0.141. The van der Waals surface area contributed by atoms with Crippen molar-refractivity contribution in [2.75, 3.05) is 0 Å². The zero-order valence-corrected chi connectivity index (χ0v) is 14.8. The number of nitrogen functional groups attached to an aromatic ring is 1. The first-order chi connectivity index (χ1) is 13.3. The molecule has 0 saturated heterocycles. The number of rotatable bonds is 6. The van der Waals surface area contributed by atoms with Crippen LogP contribution in [0.1, 0.15) is 22.8 Å². The van der Waals surface area contributed by atoms with Gasteiger partial charge in [0.25, 0.3) is 5.91 Å². The fourth-order valence-electron chi connectivity index (χ4n) is 2.58. The number of amidine groups is 1. The van der Waals surface area contributed by atoms with Gasteiger partial charge in [0.15, 0.2) is 11.9 Å². The van der Waals surface area contributed by atoms with E-state index in [0.717, 1.165) is 5.52 Å². The van der Waals surface area contributed by atoms with Crippen LogP contribution in [0, 0.1) is 5.41 Å². The highest BCUT2D eigenvalue weighted by Crippen LogP contribution is 2.20. The molecule has 2 atom stereocenters. The van der Waals surface area contributed by atoms with E-state index in [9.17, 15) is 14.7 Å². The summed E-state index contributed by atoms with van der Waals surface area (Å²) in [6, 6.07) is 6.77. The molecule has 1 aromatic carbocycles. The molecule has 10 heteroatoms. The number of hydrogen-bond acceptors (Lipinski definition) is 6. The Kier molecular flexibility index (Phi) is 5.05. The monoisotopic (exact) mass is 382 g/mol. The van der Waals surface area contributed by atoms with Crippen molar-refractivity contribution in [3.63, 3.8) is 0 Å². The molecular formula is C18H18N6O4. The molecule has 0 fully saturated rings. The zero-order chi connectivity index (χ0) is 20.4. The maximum atomic E-state index is 12.2. The van der Waals surface area contributed by atoms with Gasteiger partial charge in [-0.2, -0.15) is 0 Å². The van der Waals surface area contributed by atoms with Crippen molar-refractivity contribution in [2.24, 2.45) is 5.73 Å². The van der Waals surface area contributed by atoms with E-state index in [2.05, 4.69) is 20.3 Å². The predicted octanol–water partition coefficient (Wildman–Crippen LogP) is 0.473. The molecule has 1 amide bonds. The summed E-state index contributed by atoms with van der Waals surface area (Å²) in [7, 11) is 0. The van der Waals surface area contributed by atoms with E-state index in [1.807, 2.05) is 0 Å². The maximum Gasteiger partial charge on any atom is 0.328 e. The summed E-state index contributed by atoms with van der Waals surface area (Å²) in [5.41, 5.74) is 8.01. The molecule has 3 aromatic rings. The average Bonchev–Trinajstić information content (AvgIpc) is 3.08. The minimum atomic E-state index is -1.42. The second-order valence-corrected chi connectivity index (χ2v) is 6.19. The van der Waals surface area contributed by atoms with Crippen molar-refractivity contribution in [1.29, 1.82) is 5.41 Å². The van der Waals surface area contributed by atoms with Crippen molar-refractivity contribution in [3.05, 3.63) is 47.7 Å². The third-order valence-electron chi connectivity index (χ3n) is 4.10. The smallest absolute Gasteiger partial charge is 0.328 e. The number of carboxylic acid groups (broad SMARTS) is 1. The summed E-state index contributed by atoms with van der Waals surface area (Å²) >= 11 is 0. The Balaban J connectivity index is 1.82. The van der Waals surface area contributed by atoms with Crippen LogP contribution in [-0.4, -0.2) is 55.0 Å². The number of aromatic amines is 1. The van der Waals surface area contributed by atoms with Gasteiger partial charge in [-0.05, 0) is 37.3 Å². The maximum absolute atomic E-state index is 12.2. The lowest BCUT2D eigenvalue weighted by Gasteiger charge is -2.16. The van der Waals surface area contributed by atoms with Gasteiger partial charge in [0.1, 0.15) is 11.5 Å². The highest BCUT2D eigenvalue weighted by molar-refractivity contribution is 5.98. The number of aromatic nitrogens is 3. The first kappa shape index (κ1) is 19.0. The van der Waals surface area contributed by atoms with E-state index in [1.54, 1.807) is 24.3 Å². The topological polar surface area (TPSA) is 178 Å². The summed E-state index contributed by atoms with van der Waals surface area (Å²) in [6.07, 6.45) is 0.0453. The molecule has 0 bridgehead atoms. The molecule has 0 aliphatic rings. The number of carbonyl (C=O) groups excluding carboxylic acids is 1. The number of carbonyl (C=O) groups is 2. The van der Waals surface area contributed by atoms with Crippen molar-refractivity contribution in [2.45, 2.75) is 19.1 Å². The molecule has 0 aliphatic heterocycles. The zero-order valence-electron chi connectivity index (χ0n) is 14.8. The van der Waals surface area contributed by atoms with Gasteiger partial charge in [0.2, 0.25) is 0 Å². The van der Waals surface area contributed by atoms with E-state index < -0.39 is 24.0 Å². The highest BCUT2D eigenvalue weighted by atomic mass is 16.4. The number of aliphatic hydroxyl groups is 1. The molecule has 2 heterocycles. The Morgan fingerprint density at radius 3 is 2.54 bits per heavy atom. The molecule has 2 unspecified atom stereocenters. The predicted molar refractivity (Wildman–Crippen MR) is 101 cm³/mol. The summed E-state index contributed by atoms with van der Waals surface area (Å²) in [5, 5.41) is 28.2. The standard InChI is InChI=1S/C18H18N6O4/c1-8(25)14(18(27)28)24-17(26)10-3-5-12(21-7-10)16-22-11-4-2-9(15(19)20)6-13(11)23-16/h2-8,14,25H,1H3,(H3,19,20)(H,22,23)(H,24,26)(H,27,28). The van der Waals surface area contributed by atoms with Crippen LogP contribution >= 0.6 is 0 Å². The molecule has 0 saturated carbocycles. The van der Waals surface area contributed by atoms with Gasteiger partial charge in [0.05, 0.1) is 22.7 Å². The van der Waals surface area contributed by atoms with Crippen LogP contribution in [0.4, 0.5) is 0 Å². The van der Waals surface area contributed by atoms with Gasteiger partial charge >= 0.3 is 5.97 Å². The van der Waals surface area contributed by atoms with Gasteiger partial charge in [-0.3, -0.25) is 15.2 Å². The fourth-order valence-corrected chi connectivity index (χ4v) is 2.58. The highest BCUT2D eigenvalue weighted by Gasteiger charge is 2.25. The molecule has 0 radical (unpaired) electrons. The van der Waals surface area contributed by atoms with Crippen molar-refractivity contribution < 1.29 is 19.8 Å². The van der Waals surface area contributed by atoms with Crippen LogP contribution in [0.15, 0.2) is 36.5 Å². The minimum absolute atomic E-state index is 0.0585. The number of H-pyrrole nitrogens is 1. The van der Waals surface area contributed by atoms with Crippen molar-refractivity contribution in [3.8, 4) is 11.5 Å². The molecule has 2 aromatic heterocycles. The van der Waals surface area contributed by atoms with Crippen LogP contribution < -0.4 is 11.1 Å². The Labute approximate surface area is 158 Å².